The summed E-state index contributed by atoms with van der Waals surface area (Å²) in [5, 5.41) is 60.3. The number of aliphatic hydroxyl groups excluding tert-OH is 5. The smallest absolute Gasteiger partial charge is 0.383 e. The molecule has 0 aromatic carbocycles. The number of carbonyl (C=O) groups excluding carboxylic acids is 2. The molecule has 1 heterocycles. The molecule has 1 rings (SSSR count). The summed E-state index contributed by atoms with van der Waals surface area (Å²) in [5.41, 5.74) is 0. The average molecular weight is 523 g/mol. The van der Waals surface area contributed by atoms with Crippen LogP contribution in [-0.2, 0) is 24.1 Å². The molecule has 0 radical (unpaired) electrons. The maximum Gasteiger partial charge on any atom is 0.383 e. The van der Waals surface area contributed by atoms with E-state index in [4.69, 9.17) is 4.74 Å². The van der Waals surface area contributed by atoms with Crippen molar-refractivity contribution in [2.24, 2.45) is 5.92 Å². The first-order chi connectivity index (χ1) is 17.1. The van der Waals surface area contributed by atoms with Crippen LogP contribution >= 0.6 is 0 Å². The van der Waals surface area contributed by atoms with E-state index in [2.05, 4.69) is 16.7 Å². The van der Waals surface area contributed by atoms with Gasteiger partial charge >= 0.3 is 11.9 Å². The highest BCUT2D eigenvalue weighted by Crippen LogP contribution is 2.37. The molecule has 11 nitrogen and oxygen atoms in total. The van der Waals surface area contributed by atoms with Gasteiger partial charge in [0.1, 0.15) is 30.3 Å². The average Bonchev–Trinajstić information content (AvgIpc) is 2.86. The maximum atomic E-state index is 12.7. The third-order valence-electron chi connectivity index (χ3n) is 6.68. The predicted octanol–water partition coefficient (Wildman–Crippen LogP) is 1.24. The first kappa shape index (κ1) is 32.7. The summed E-state index contributed by atoms with van der Waals surface area (Å²) in [6.07, 6.45) is 3.99. The fourth-order valence-electron chi connectivity index (χ4n) is 4.36. The highest BCUT2D eigenvalue weighted by Gasteiger charge is 2.59. The second-order valence-corrected chi connectivity index (χ2v) is 9.73. The number of hydrogen-bond acceptors (Lipinski definition) is 11. The lowest BCUT2D eigenvalue weighted by atomic mass is 9.82. The van der Waals surface area contributed by atoms with Gasteiger partial charge in [-0.2, -0.15) is 0 Å². The van der Waals surface area contributed by atoms with E-state index in [9.17, 15) is 40.2 Å². The number of carbonyl (C=O) groups is 2. The van der Waals surface area contributed by atoms with Crippen LogP contribution in [0.2, 0.25) is 0 Å². The number of unbranched alkanes of at least 4 members (excludes halogenated alkanes) is 11. The van der Waals surface area contributed by atoms with Gasteiger partial charge in [0.2, 0.25) is 5.79 Å². The molecule has 7 atom stereocenters. The van der Waals surface area contributed by atoms with Crippen molar-refractivity contribution in [1.82, 2.24) is 0 Å². The topological polar surface area (TPSA) is 183 Å². The summed E-state index contributed by atoms with van der Waals surface area (Å²) in [4.78, 5) is 32.9. The van der Waals surface area contributed by atoms with Gasteiger partial charge in [-0.3, -0.25) is 0 Å². The molecule has 1 fully saturated rings. The number of hydrogen-bond donors (Lipinski definition) is 6. The zero-order valence-electron chi connectivity index (χ0n) is 21.6. The van der Waals surface area contributed by atoms with Crippen LogP contribution in [0.4, 0.5) is 0 Å². The van der Waals surface area contributed by atoms with Crippen LogP contribution < -0.4 is 0 Å². The van der Waals surface area contributed by atoms with Gasteiger partial charge < -0.3 is 35.4 Å². The standard InChI is InChI=1S/C25H46O11/c1-3-4-5-6-7-8-9-10-11-12-13-14-15-18(24(32)36-35-23(31)17(2)27)25(33)22(30)21(29)20(28)19(16-26)34-25/h17-22,26-30,33H,3-16H2,1-2H3/t17?,18?,19-,20-,21+,22-,25?/m1/s1. The lowest BCUT2D eigenvalue weighted by Crippen LogP contribution is -2.68. The highest BCUT2D eigenvalue weighted by atomic mass is 17.2. The van der Waals surface area contributed by atoms with Crippen molar-refractivity contribution in [3.8, 4) is 0 Å². The zero-order chi connectivity index (χ0) is 27.1. The fraction of sp³-hybridized carbons (Fsp3) is 0.920. The Hall–Kier alpha value is -1.34. The van der Waals surface area contributed by atoms with Crippen molar-refractivity contribution in [2.45, 2.75) is 134 Å². The second-order valence-electron chi connectivity index (χ2n) is 9.73. The van der Waals surface area contributed by atoms with Gasteiger partial charge in [-0.15, -0.1) is 0 Å². The maximum absolute atomic E-state index is 12.7. The van der Waals surface area contributed by atoms with E-state index in [1.807, 2.05) is 0 Å². The summed E-state index contributed by atoms with van der Waals surface area (Å²) in [7, 11) is 0. The molecule has 212 valence electrons. The van der Waals surface area contributed by atoms with Gasteiger partial charge in [-0.05, 0) is 13.3 Å². The van der Waals surface area contributed by atoms with Gasteiger partial charge in [-0.25, -0.2) is 19.4 Å². The van der Waals surface area contributed by atoms with Crippen LogP contribution in [0, 0.1) is 5.92 Å². The molecule has 0 spiro atoms. The van der Waals surface area contributed by atoms with Crippen LogP contribution in [0.1, 0.15) is 97.3 Å². The van der Waals surface area contributed by atoms with Crippen molar-refractivity contribution in [2.75, 3.05) is 6.61 Å². The predicted molar refractivity (Wildman–Crippen MR) is 128 cm³/mol. The van der Waals surface area contributed by atoms with Crippen LogP contribution in [0.5, 0.6) is 0 Å². The molecular weight excluding hydrogens is 476 g/mol. The minimum absolute atomic E-state index is 0.0585. The molecule has 0 aromatic heterocycles. The lowest BCUT2D eigenvalue weighted by molar-refractivity contribution is -0.370. The summed E-state index contributed by atoms with van der Waals surface area (Å²) < 4.78 is 5.27. The van der Waals surface area contributed by atoms with E-state index in [0.717, 1.165) is 32.6 Å². The monoisotopic (exact) mass is 522 g/mol. The highest BCUT2D eigenvalue weighted by molar-refractivity contribution is 5.77. The minimum atomic E-state index is -2.72. The van der Waals surface area contributed by atoms with Crippen molar-refractivity contribution in [1.29, 1.82) is 0 Å². The van der Waals surface area contributed by atoms with Crippen molar-refractivity contribution in [3.63, 3.8) is 0 Å². The molecule has 1 saturated heterocycles. The number of rotatable bonds is 17. The van der Waals surface area contributed by atoms with Gasteiger partial charge in [0.25, 0.3) is 0 Å². The molecule has 3 unspecified atom stereocenters. The Morgan fingerprint density at radius 3 is 1.78 bits per heavy atom. The SMILES string of the molecule is CCCCCCCCCCCCCCC(C(=O)OOC(=O)C(C)O)C1(O)O[C@H](CO)[C@@H](O)[C@H](O)[C@H]1O. The van der Waals surface area contributed by atoms with Crippen LogP contribution in [0.15, 0.2) is 0 Å². The van der Waals surface area contributed by atoms with Gasteiger partial charge in [0.15, 0.2) is 6.10 Å². The zero-order valence-corrected chi connectivity index (χ0v) is 21.6. The van der Waals surface area contributed by atoms with Gasteiger partial charge in [-0.1, -0.05) is 84.0 Å². The summed E-state index contributed by atoms with van der Waals surface area (Å²) in [6.45, 7) is 2.50. The van der Waals surface area contributed by atoms with E-state index >= 15 is 0 Å². The largest absolute Gasteiger partial charge is 0.394 e. The molecule has 0 bridgehead atoms. The molecule has 0 aliphatic carbocycles. The Labute approximate surface area is 213 Å². The molecule has 11 heteroatoms. The number of ether oxygens (including phenoxy) is 1. The molecular formula is C25H46O11. The Morgan fingerprint density at radius 1 is 0.833 bits per heavy atom. The number of aliphatic hydroxyl groups is 6. The van der Waals surface area contributed by atoms with Gasteiger partial charge in [0, 0.05) is 0 Å². The molecule has 1 aliphatic heterocycles. The first-order valence-electron chi connectivity index (χ1n) is 13.3. The lowest BCUT2D eigenvalue weighted by Gasteiger charge is -2.47. The van der Waals surface area contributed by atoms with Crippen LogP contribution in [0.25, 0.3) is 0 Å². The Morgan fingerprint density at radius 2 is 1.31 bits per heavy atom. The molecule has 36 heavy (non-hydrogen) atoms. The van der Waals surface area contributed by atoms with E-state index in [0.29, 0.717) is 12.8 Å². The quantitative estimate of drug-likeness (QED) is 0.0917. The molecule has 0 amide bonds. The molecule has 6 N–H and O–H groups in total. The van der Waals surface area contributed by atoms with Gasteiger partial charge in [0.05, 0.1) is 6.61 Å². The van der Waals surface area contributed by atoms with E-state index in [-0.39, 0.29) is 6.42 Å². The molecule has 0 aromatic rings. The van der Waals surface area contributed by atoms with Crippen LogP contribution in [-0.4, -0.2) is 85.5 Å². The first-order valence-corrected chi connectivity index (χ1v) is 13.3. The third kappa shape index (κ3) is 10.2. The third-order valence-corrected chi connectivity index (χ3v) is 6.68. The second kappa shape index (κ2) is 17.2. The molecule has 0 saturated carbocycles. The normalized spacial score (nSPS) is 27.9. The summed E-state index contributed by atoms with van der Waals surface area (Å²) in [5.74, 6) is -6.85. The van der Waals surface area contributed by atoms with Crippen molar-refractivity contribution >= 4 is 11.9 Å². The van der Waals surface area contributed by atoms with Crippen LogP contribution in [0.3, 0.4) is 0 Å². The van der Waals surface area contributed by atoms with Crippen molar-refractivity contribution < 1.29 is 54.7 Å². The minimum Gasteiger partial charge on any atom is -0.394 e. The fourth-order valence-corrected chi connectivity index (χ4v) is 4.36. The van der Waals surface area contributed by atoms with E-state index < -0.39 is 60.8 Å². The summed E-state index contributed by atoms with van der Waals surface area (Å²) >= 11 is 0. The van der Waals surface area contributed by atoms with E-state index in [1.54, 1.807) is 0 Å². The Bertz CT molecular complexity index is 627. The molecule has 1 aliphatic rings. The van der Waals surface area contributed by atoms with E-state index in [1.165, 1.54) is 38.5 Å². The Kier molecular flexibility index (Phi) is 15.6. The van der Waals surface area contributed by atoms with Crippen molar-refractivity contribution in [3.05, 3.63) is 0 Å². The summed E-state index contributed by atoms with van der Waals surface area (Å²) in [6, 6.07) is 0. The Balaban J connectivity index is 2.64.